The maximum Gasteiger partial charge on any atom is 0.134 e. The van der Waals surface area contributed by atoms with Gasteiger partial charge in [-0.1, -0.05) is 27.7 Å². The van der Waals surface area contributed by atoms with Gasteiger partial charge in [-0.05, 0) is 12.3 Å². The highest BCUT2D eigenvalue weighted by molar-refractivity contribution is 6.27. The molecule has 0 saturated heterocycles. The van der Waals surface area contributed by atoms with Crippen LogP contribution in [0.4, 0.5) is 0 Å². The molecule has 0 saturated carbocycles. The Bertz CT molecular complexity index is 133. The Balaban J connectivity index is 3.71. The van der Waals surface area contributed by atoms with Gasteiger partial charge in [-0.15, -0.1) is 0 Å². The van der Waals surface area contributed by atoms with E-state index in [1.165, 1.54) is 0 Å². The second-order valence-electron chi connectivity index (χ2n) is 4.61. The topological polar surface area (TPSA) is 17.1 Å². The first-order chi connectivity index (χ1) is 4.84. The number of ketones is 1. The van der Waals surface area contributed by atoms with Crippen molar-refractivity contribution in [1.29, 1.82) is 0 Å². The number of rotatable bonds is 4. The zero-order valence-corrected chi connectivity index (χ0v) is 10.4. The largest absolute Gasteiger partial charge is 0.299 e. The van der Waals surface area contributed by atoms with Gasteiger partial charge in [-0.3, -0.25) is 4.79 Å². The highest BCUT2D eigenvalue weighted by atomic mass is 28.1. The van der Waals surface area contributed by atoms with Gasteiger partial charge < -0.3 is 0 Å². The summed E-state index contributed by atoms with van der Waals surface area (Å²) in [6.45, 7) is 8.41. The predicted molar refractivity (Wildman–Crippen MR) is 53.1 cm³/mol. The van der Waals surface area contributed by atoms with Crippen molar-refractivity contribution in [3.05, 3.63) is 0 Å². The zero-order valence-electron chi connectivity index (χ0n) is 8.40. The standard InChI is InChI=1S/C9H20OSi/c1-7(2)5-6-8(10)9(3,4)11/h7H,5-6H2,1-4,11H3. The van der Waals surface area contributed by atoms with Gasteiger partial charge in [-0.25, -0.2) is 0 Å². The van der Waals surface area contributed by atoms with Gasteiger partial charge in [0.25, 0.3) is 0 Å². The molecule has 0 unspecified atom stereocenters. The van der Waals surface area contributed by atoms with Crippen molar-refractivity contribution in [2.24, 2.45) is 5.92 Å². The molecular weight excluding hydrogens is 152 g/mol. The molecule has 0 heterocycles. The molecule has 0 aromatic rings. The number of Topliss-reactive ketones (excluding diaryl/α,β-unsaturated/α-hetero) is 1. The minimum absolute atomic E-state index is 0.00507. The van der Waals surface area contributed by atoms with Gasteiger partial charge in [-0.2, -0.15) is 0 Å². The summed E-state index contributed by atoms with van der Waals surface area (Å²) in [7, 11) is 0.972. The predicted octanol–water partition coefficient (Wildman–Crippen LogP) is 1.56. The Labute approximate surface area is 73.0 Å². The van der Waals surface area contributed by atoms with E-state index in [4.69, 9.17) is 0 Å². The van der Waals surface area contributed by atoms with E-state index in [0.717, 1.165) is 23.1 Å². The second-order valence-corrected chi connectivity index (χ2v) is 7.11. The van der Waals surface area contributed by atoms with Crippen LogP contribution in [0.1, 0.15) is 40.5 Å². The van der Waals surface area contributed by atoms with Crippen LogP contribution in [0, 0.1) is 5.92 Å². The average Bonchev–Trinajstić information content (AvgIpc) is 1.80. The van der Waals surface area contributed by atoms with Crippen molar-refractivity contribution < 1.29 is 4.79 Å². The quantitative estimate of drug-likeness (QED) is 0.588. The molecule has 0 spiro atoms. The first-order valence-corrected chi connectivity index (χ1v) is 5.37. The summed E-state index contributed by atoms with van der Waals surface area (Å²) < 4.78 is 0. The van der Waals surface area contributed by atoms with Crippen LogP contribution in [-0.4, -0.2) is 16.0 Å². The van der Waals surface area contributed by atoms with Gasteiger partial charge in [0, 0.05) is 21.7 Å². The molecule has 1 nitrogen and oxygen atoms in total. The van der Waals surface area contributed by atoms with Crippen molar-refractivity contribution in [3.63, 3.8) is 0 Å². The van der Waals surface area contributed by atoms with Crippen LogP contribution >= 0.6 is 0 Å². The summed E-state index contributed by atoms with van der Waals surface area (Å²) in [5, 5.41) is -0.00507. The smallest absolute Gasteiger partial charge is 0.134 e. The molecule has 2 heteroatoms. The molecule has 0 N–H and O–H groups in total. The highest BCUT2D eigenvalue weighted by Gasteiger charge is 2.20. The van der Waals surface area contributed by atoms with E-state index in [-0.39, 0.29) is 5.04 Å². The lowest BCUT2D eigenvalue weighted by atomic mass is 9.99. The van der Waals surface area contributed by atoms with Crippen LogP contribution in [0.5, 0.6) is 0 Å². The van der Waals surface area contributed by atoms with Crippen LogP contribution in [0.15, 0.2) is 0 Å². The second kappa shape index (κ2) is 4.05. The van der Waals surface area contributed by atoms with E-state index in [1.54, 1.807) is 0 Å². The third-order valence-corrected chi connectivity index (χ3v) is 2.34. The summed E-state index contributed by atoms with van der Waals surface area (Å²) in [6.07, 6.45) is 1.82. The first kappa shape index (κ1) is 10.9. The lowest BCUT2D eigenvalue weighted by molar-refractivity contribution is -0.121. The molecule has 0 fully saturated rings. The van der Waals surface area contributed by atoms with Crippen LogP contribution in [0.25, 0.3) is 0 Å². The fraction of sp³-hybridized carbons (Fsp3) is 0.889. The highest BCUT2D eigenvalue weighted by Crippen LogP contribution is 2.23. The van der Waals surface area contributed by atoms with E-state index in [2.05, 4.69) is 13.8 Å². The van der Waals surface area contributed by atoms with Crippen molar-refractivity contribution in [2.75, 3.05) is 0 Å². The van der Waals surface area contributed by atoms with Gasteiger partial charge >= 0.3 is 0 Å². The number of hydrogen-bond acceptors (Lipinski definition) is 1. The molecular formula is C9H20OSi. The third kappa shape index (κ3) is 5.19. The van der Waals surface area contributed by atoms with Crippen LogP contribution in [0.2, 0.25) is 5.04 Å². The van der Waals surface area contributed by atoms with Crippen molar-refractivity contribution >= 4 is 16.0 Å². The SMILES string of the molecule is CC(C)CCC(=O)C(C)(C)[SiH3]. The molecule has 11 heavy (non-hydrogen) atoms. The number of hydrogen-bond donors (Lipinski definition) is 0. The van der Waals surface area contributed by atoms with E-state index < -0.39 is 0 Å². The minimum Gasteiger partial charge on any atom is -0.299 e. The lowest BCUT2D eigenvalue weighted by Crippen LogP contribution is -2.17. The lowest BCUT2D eigenvalue weighted by Gasteiger charge is -2.16. The number of carbonyl (C=O) groups is 1. The Morgan fingerprint density at radius 2 is 1.91 bits per heavy atom. The third-order valence-electron chi connectivity index (χ3n) is 1.79. The number of carbonyl (C=O) groups excluding carboxylic acids is 1. The molecule has 66 valence electrons. The summed E-state index contributed by atoms with van der Waals surface area (Å²) >= 11 is 0. The molecule has 0 aromatic heterocycles. The maximum atomic E-state index is 11.4. The molecule has 0 rings (SSSR count). The molecule has 0 aromatic carbocycles. The molecule has 0 aliphatic carbocycles. The Hall–Kier alpha value is -0.113. The molecule has 0 aliphatic rings. The van der Waals surface area contributed by atoms with Crippen molar-refractivity contribution in [1.82, 2.24) is 0 Å². The molecule has 0 atom stereocenters. The van der Waals surface area contributed by atoms with E-state index in [9.17, 15) is 4.79 Å². The molecule has 0 amide bonds. The van der Waals surface area contributed by atoms with Crippen LogP contribution < -0.4 is 0 Å². The summed E-state index contributed by atoms with van der Waals surface area (Å²) in [5.41, 5.74) is 0. The van der Waals surface area contributed by atoms with Crippen molar-refractivity contribution in [2.45, 2.75) is 45.6 Å². The van der Waals surface area contributed by atoms with E-state index in [1.807, 2.05) is 13.8 Å². The van der Waals surface area contributed by atoms with Gasteiger partial charge in [0.1, 0.15) is 5.78 Å². The Morgan fingerprint density at radius 1 is 1.45 bits per heavy atom. The Kier molecular flexibility index (Phi) is 4.01. The fourth-order valence-corrected chi connectivity index (χ4v) is 1.04. The van der Waals surface area contributed by atoms with Gasteiger partial charge in [0.15, 0.2) is 0 Å². The van der Waals surface area contributed by atoms with Crippen molar-refractivity contribution in [3.8, 4) is 0 Å². The first-order valence-electron chi connectivity index (χ1n) is 4.37. The molecule has 0 aliphatic heterocycles. The fourth-order valence-electron chi connectivity index (χ4n) is 0.795. The van der Waals surface area contributed by atoms with E-state index in [0.29, 0.717) is 11.7 Å². The molecule has 0 radical (unpaired) electrons. The van der Waals surface area contributed by atoms with Crippen LogP contribution in [-0.2, 0) is 4.79 Å². The summed E-state index contributed by atoms with van der Waals surface area (Å²) in [5.74, 6) is 1.10. The average molecular weight is 172 g/mol. The summed E-state index contributed by atoms with van der Waals surface area (Å²) in [4.78, 5) is 11.4. The van der Waals surface area contributed by atoms with Gasteiger partial charge in [0.05, 0.1) is 0 Å². The maximum absolute atomic E-state index is 11.4. The minimum atomic E-state index is -0.00507. The molecule has 0 bridgehead atoms. The monoisotopic (exact) mass is 172 g/mol. The Morgan fingerprint density at radius 3 is 2.18 bits per heavy atom. The summed E-state index contributed by atoms with van der Waals surface area (Å²) in [6, 6.07) is 0. The van der Waals surface area contributed by atoms with Crippen LogP contribution in [0.3, 0.4) is 0 Å². The normalized spacial score (nSPS) is 12.5. The van der Waals surface area contributed by atoms with E-state index >= 15 is 0 Å². The van der Waals surface area contributed by atoms with Gasteiger partial charge in [0.2, 0.25) is 0 Å². The zero-order chi connectivity index (χ0) is 9.07.